The monoisotopic (exact) mass is 405 g/mol. The van der Waals surface area contributed by atoms with Crippen LogP contribution in [0.25, 0.3) is 0 Å². The molecule has 0 atom stereocenters. The van der Waals surface area contributed by atoms with E-state index in [1.807, 2.05) is 12.1 Å². The summed E-state index contributed by atoms with van der Waals surface area (Å²) >= 11 is 5.47. The van der Waals surface area contributed by atoms with E-state index in [0.717, 1.165) is 43.6 Å². The average molecular weight is 405 g/mol. The third-order valence-electron chi connectivity index (χ3n) is 4.09. The molecule has 8 nitrogen and oxygen atoms in total. The van der Waals surface area contributed by atoms with Crippen LogP contribution in [0.5, 0.6) is 0 Å². The van der Waals surface area contributed by atoms with E-state index in [9.17, 15) is 0 Å². The van der Waals surface area contributed by atoms with Crippen molar-refractivity contribution in [3.05, 3.63) is 60.1 Å². The molecule has 150 valence electrons. The lowest BCUT2D eigenvalue weighted by Gasteiger charge is -2.36. The molecule has 1 aromatic carbocycles. The van der Waals surface area contributed by atoms with E-state index in [4.69, 9.17) is 36.4 Å². The van der Waals surface area contributed by atoms with Gasteiger partial charge < -0.3 is 24.8 Å². The lowest BCUT2D eigenvalue weighted by molar-refractivity contribution is -0.159. The number of thiocarbonyl (C=S) groups is 1. The Kier molecular flexibility index (Phi) is 8.44. The van der Waals surface area contributed by atoms with Crippen LogP contribution in [0.2, 0.25) is 0 Å². The van der Waals surface area contributed by atoms with E-state index in [1.165, 1.54) is 5.56 Å². The summed E-state index contributed by atoms with van der Waals surface area (Å²) in [6.07, 6.45) is 1.68. The number of carboxylic acid groups (broad SMARTS) is 2. The van der Waals surface area contributed by atoms with Crippen LogP contribution in [-0.4, -0.2) is 63.2 Å². The lowest BCUT2D eigenvalue weighted by Crippen LogP contribution is -2.51. The van der Waals surface area contributed by atoms with Gasteiger partial charge in [-0.3, -0.25) is 4.90 Å². The number of aliphatic carboxylic acids is 2. The second-order valence-electron chi connectivity index (χ2n) is 6.10. The Labute approximate surface area is 168 Å². The second-order valence-corrected chi connectivity index (χ2v) is 6.48. The molecule has 9 heteroatoms. The smallest absolute Gasteiger partial charge is 0.414 e. The van der Waals surface area contributed by atoms with Crippen LogP contribution >= 0.6 is 12.2 Å². The maximum Gasteiger partial charge on any atom is 0.414 e. The van der Waals surface area contributed by atoms with Crippen molar-refractivity contribution in [1.82, 2.24) is 15.1 Å². The molecule has 1 saturated heterocycles. The average Bonchev–Trinajstić information content (AvgIpc) is 3.21. The Morgan fingerprint density at radius 3 is 2.18 bits per heavy atom. The van der Waals surface area contributed by atoms with Crippen molar-refractivity contribution in [3.8, 4) is 0 Å². The maximum absolute atomic E-state index is 9.10. The number of carbonyl (C=O) groups is 2. The van der Waals surface area contributed by atoms with Crippen molar-refractivity contribution >= 4 is 29.3 Å². The van der Waals surface area contributed by atoms with Gasteiger partial charge in [0, 0.05) is 32.7 Å². The van der Waals surface area contributed by atoms with Crippen LogP contribution in [0.15, 0.2) is 53.1 Å². The number of furan rings is 1. The summed E-state index contributed by atoms with van der Waals surface area (Å²) in [4.78, 5) is 22.9. The zero-order valence-electron chi connectivity index (χ0n) is 15.3. The summed E-state index contributed by atoms with van der Waals surface area (Å²) in [6.45, 7) is 5.68. The molecule has 28 heavy (non-hydrogen) atoms. The zero-order valence-corrected chi connectivity index (χ0v) is 16.1. The zero-order chi connectivity index (χ0) is 20.4. The minimum absolute atomic E-state index is 0.649. The van der Waals surface area contributed by atoms with Crippen LogP contribution in [0.3, 0.4) is 0 Å². The van der Waals surface area contributed by atoms with Crippen LogP contribution in [0.1, 0.15) is 11.3 Å². The fourth-order valence-corrected chi connectivity index (χ4v) is 2.89. The Hall–Kier alpha value is -2.91. The summed E-state index contributed by atoms with van der Waals surface area (Å²) in [7, 11) is 0. The largest absolute Gasteiger partial charge is 0.473 e. The van der Waals surface area contributed by atoms with Crippen molar-refractivity contribution in [2.24, 2.45) is 0 Å². The van der Waals surface area contributed by atoms with Crippen LogP contribution < -0.4 is 5.32 Å². The molecule has 0 amide bonds. The van der Waals surface area contributed by atoms with Gasteiger partial charge >= 0.3 is 11.9 Å². The highest BCUT2D eigenvalue weighted by Crippen LogP contribution is 2.09. The molecule has 2 aromatic rings. The maximum atomic E-state index is 9.10. The summed E-state index contributed by atoms with van der Waals surface area (Å²) in [6, 6.07) is 14.5. The molecule has 1 aromatic heterocycles. The predicted molar refractivity (Wildman–Crippen MR) is 107 cm³/mol. The highest BCUT2D eigenvalue weighted by atomic mass is 32.1. The number of nitrogens with one attached hydrogen (secondary N) is 1. The summed E-state index contributed by atoms with van der Waals surface area (Å²) < 4.78 is 5.31. The Morgan fingerprint density at radius 2 is 1.64 bits per heavy atom. The molecule has 0 bridgehead atoms. The number of piperazine rings is 1. The van der Waals surface area contributed by atoms with Crippen molar-refractivity contribution < 1.29 is 24.2 Å². The van der Waals surface area contributed by atoms with E-state index in [1.54, 1.807) is 6.26 Å². The summed E-state index contributed by atoms with van der Waals surface area (Å²) in [5.41, 5.74) is 1.37. The molecule has 2 heterocycles. The molecule has 0 aliphatic carbocycles. The Balaban J connectivity index is 0.000000409. The molecule has 0 unspecified atom stereocenters. The number of hydrogen-bond donors (Lipinski definition) is 3. The number of benzene rings is 1. The van der Waals surface area contributed by atoms with Gasteiger partial charge in [-0.1, -0.05) is 30.3 Å². The fraction of sp³-hybridized carbons (Fsp3) is 0.316. The highest BCUT2D eigenvalue weighted by Gasteiger charge is 2.18. The van der Waals surface area contributed by atoms with Crippen molar-refractivity contribution in [2.45, 2.75) is 13.1 Å². The van der Waals surface area contributed by atoms with Crippen LogP contribution in [0.4, 0.5) is 0 Å². The first-order valence-electron chi connectivity index (χ1n) is 8.73. The van der Waals surface area contributed by atoms with Gasteiger partial charge in [-0.05, 0) is 29.9 Å². The SMILES string of the molecule is O=C(O)C(=O)O.S=C(NCc1ccco1)N1CCN(Cc2ccccc2)CC1. The van der Waals surface area contributed by atoms with Crippen molar-refractivity contribution in [1.29, 1.82) is 0 Å². The van der Waals surface area contributed by atoms with Gasteiger partial charge in [-0.25, -0.2) is 9.59 Å². The molecule has 1 aliphatic heterocycles. The van der Waals surface area contributed by atoms with Crippen LogP contribution in [-0.2, 0) is 22.7 Å². The van der Waals surface area contributed by atoms with Crippen molar-refractivity contribution in [2.75, 3.05) is 26.2 Å². The van der Waals surface area contributed by atoms with Gasteiger partial charge in [0.05, 0.1) is 12.8 Å². The third kappa shape index (κ3) is 7.37. The van der Waals surface area contributed by atoms with Gasteiger partial charge in [-0.15, -0.1) is 0 Å². The van der Waals surface area contributed by atoms with E-state index in [0.29, 0.717) is 6.54 Å². The standard InChI is InChI=1S/C17H21N3OS.C2H2O4/c22-17(18-13-16-7-4-12-21-16)20-10-8-19(9-11-20)14-15-5-2-1-3-6-15;3-1(4)2(5)6/h1-7,12H,8-11,13-14H2,(H,18,22);(H,3,4)(H,5,6). The van der Waals surface area contributed by atoms with Gasteiger partial charge in [0.2, 0.25) is 0 Å². The number of rotatable bonds is 4. The Bertz CT molecular complexity index is 747. The lowest BCUT2D eigenvalue weighted by atomic mass is 10.2. The minimum atomic E-state index is -1.82. The molecule has 3 N–H and O–H groups in total. The highest BCUT2D eigenvalue weighted by molar-refractivity contribution is 7.80. The van der Waals surface area contributed by atoms with Crippen molar-refractivity contribution in [3.63, 3.8) is 0 Å². The van der Waals surface area contributed by atoms with E-state index in [2.05, 4.69) is 45.4 Å². The van der Waals surface area contributed by atoms with E-state index < -0.39 is 11.9 Å². The fourth-order valence-electron chi connectivity index (χ4n) is 2.64. The molecule has 1 aliphatic rings. The topological polar surface area (TPSA) is 106 Å². The molecule has 0 spiro atoms. The number of carboxylic acids is 2. The number of hydrogen-bond acceptors (Lipinski definition) is 5. The number of nitrogens with zero attached hydrogens (tertiary/aromatic N) is 2. The minimum Gasteiger partial charge on any atom is -0.473 e. The van der Waals surface area contributed by atoms with Gasteiger partial charge in [0.1, 0.15) is 5.76 Å². The molecule has 0 radical (unpaired) electrons. The van der Waals surface area contributed by atoms with E-state index in [-0.39, 0.29) is 0 Å². The van der Waals surface area contributed by atoms with E-state index >= 15 is 0 Å². The molecular formula is C19H23N3O5S. The van der Waals surface area contributed by atoms with Gasteiger partial charge in [-0.2, -0.15) is 0 Å². The first-order valence-corrected chi connectivity index (χ1v) is 9.14. The molecule has 1 fully saturated rings. The summed E-state index contributed by atoms with van der Waals surface area (Å²) in [5, 5.41) is 18.9. The van der Waals surface area contributed by atoms with Gasteiger partial charge in [0.15, 0.2) is 5.11 Å². The Morgan fingerprint density at radius 1 is 1.00 bits per heavy atom. The van der Waals surface area contributed by atoms with Gasteiger partial charge in [0.25, 0.3) is 0 Å². The second kappa shape index (κ2) is 11.1. The third-order valence-corrected chi connectivity index (χ3v) is 4.49. The summed E-state index contributed by atoms with van der Waals surface area (Å²) in [5.74, 6) is -2.74. The molecule has 3 rings (SSSR count). The molecular weight excluding hydrogens is 382 g/mol. The predicted octanol–water partition coefficient (Wildman–Crippen LogP) is 1.63. The molecule has 0 saturated carbocycles. The quantitative estimate of drug-likeness (QED) is 0.517. The first kappa shape index (κ1) is 21.4. The van der Waals surface area contributed by atoms with Crippen LogP contribution in [0, 0.1) is 0 Å². The first-order chi connectivity index (χ1) is 13.5. The normalized spacial score (nSPS) is 13.9.